The van der Waals surface area contributed by atoms with Gasteiger partial charge in [-0.3, -0.25) is 0 Å². The number of piperidine rings is 1. The minimum absolute atomic E-state index is 0.415. The summed E-state index contributed by atoms with van der Waals surface area (Å²) in [5.74, 6) is 0. The first-order valence-electron chi connectivity index (χ1n) is 6.69. The summed E-state index contributed by atoms with van der Waals surface area (Å²) in [6, 6.07) is 0.781. The van der Waals surface area contributed by atoms with Gasteiger partial charge in [0.15, 0.2) is 0 Å². The van der Waals surface area contributed by atoms with Gasteiger partial charge in [0.25, 0.3) is 0 Å². The maximum absolute atomic E-state index is 5.48. The number of hydrogen-bond donors (Lipinski definition) is 1. The average molecular weight is 226 g/mol. The molecule has 0 aliphatic carbocycles. The van der Waals surface area contributed by atoms with Crippen molar-refractivity contribution in [3.63, 3.8) is 0 Å². The molecule has 2 saturated heterocycles. The van der Waals surface area contributed by atoms with E-state index < -0.39 is 0 Å². The highest BCUT2D eigenvalue weighted by Crippen LogP contribution is 2.32. The number of rotatable bonds is 4. The molecule has 94 valence electrons. The Morgan fingerprint density at radius 3 is 2.69 bits per heavy atom. The number of hydrogen-bond acceptors (Lipinski definition) is 3. The van der Waals surface area contributed by atoms with Crippen molar-refractivity contribution in [1.29, 1.82) is 0 Å². The molecule has 3 heteroatoms. The van der Waals surface area contributed by atoms with Gasteiger partial charge in [-0.05, 0) is 52.2 Å². The smallest absolute Gasteiger partial charge is 0.0531 e. The fourth-order valence-electron chi connectivity index (χ4n) is 3.27. The van der Waals surface area contributed by atoms with Crippen LogP contribution in [0.5, 0.6) is 0 Å². The van der Waals surface area contributed by atoms with Crippen molar-refractivity contribution in [3.8, 4) is 0 Å². The normalized spacial score (nSPS) is 30.8. The third-order valence-corrected chi connectivity index (χ3v) is 4.34. The Bertz CT molecular complexity index is 208. The Hall–Kier alpha value is -0.120. The lowest BCUT2D eigenvalue weighted by Crippen LogP contribution is -2.48. The van der Waals surface area contributed by atoms with Crippen LogP contribution in [-0.2, 0) is 4.74 Å². The molecule has 2 fully saturated rings. The number of ether oxygens (including phenoxy) is 1. The fraction of sp³-hybridized carbons (Fsp3) is 1.00. The van der Waals surface area contributed by atoms with E-state index in [1.165, 1.54) is 38.8 Å². The van der Waals surface area contributed by atoms with E-state index in [9.17, 15) is 0 Å². The molecule has 0 aromatic carbocycles. The molecule has 1 N–H and O–H groups in total. The lowest BCUT2D eigenvalue weighted by Gasteiger charge is -2.41. The molecule has 0 spiro atoms. The van der Waals surface area contributed by atoms with Crippen LogP contribution in [0.25, 0.3) is 0 Å². The predicted octanol–water partition coefficient (Wildman–Crippen LogP) is 1.49. The van der Waals surface area contributed by atoms with E-state index >= 15 is 0 Å². The van der Waals surface area contributed by atoms with E-state index in [1.807, 2.05) is 7.11 Å². The molecular formula is C13H26N2O. The van der Waals surface area contributed by atoms with Crippen molar-refractivity contribution in [2.24, 2.45) is 5.41 Å². The maximum Gasteiger partial charge on any atom is 0.0531 e. The average Bonchev–Trinajstić information content (AvgIpc) is 2.66. The largest absolute Gasteiger partial charge is 0.384 e. The number of nitrogens with one attached hydrogen (secondary N) is 1. The van der Waals surface area contributed by atoms with Crippen molar-refractivity contribution in [2.45, 2.75) is 38.6 Å². The highest BCUT2D eigenvalue weighted by Gasteiger charge is 2.36. The number of nitrogens with zero attached hydrogens (tertiary/aromatic N) is 1. The summed E-state index contributed by atoms with van der Waals surface area (Å²) in [6.07, 6.45) is 5.29. The molecule has 0 amide bonds. The molecule has 3 nitrogen and oxygen atoms in total. The van der Waals surface area contributed by atoms with Gasteiger partial charge in [-0.2, -0.15) is 0 Å². The lowest BCUT2D eigenvalue weighted by molar-refractivity contribution is 0.0207. The van der Waals surface area contributed by atoms with Gasteiger partial charge in [-0.25, -0.2) is 0 Å². The van der Waals surface area contributed by atoms with Crippen LogP contribution in [0.2, 0.25) is 0 Å². The molecular weight excluding hydrogens is 200 g/mol. The minimum Gasteiger partial charge on any atom is -0.384 e. The van der Waals surface area contributed by atoms with Gasteiger partial charge in [0.1, 0.15) is 0 Å². The SMILES string of the molecule is COCC1(CN2CCCC2C)CCNCC1. The zero-order chi connectivity index (χ0) is 11.4. The highest BCUT2D eigenvalue weighted by atomic mass is 16.5. The Labute approximate surface area is 99.5 Å². The van der Waals surface area contributed by atoms with Crippen LogP contribution in [0.3, 0.4) is 0 Å². The van der Waals surface area contributed by atoms with E-state index in [4.69, 9.17) is 4.74 Å². The second-order valence-electron chi connectivity index (χ2n) is 5.64. The van der Waals surface area contributed by atoms with E-state index in [-0.39, 0.29) is 0 Å². The summed E-state index contributed by atoms with van der Waals surface area (Å²) >= 11 is 0. The Kier molecular flexibility index (Phi) is 4.22. The Morgan fingerprint density at radius 1 is 1.38 bits per heavy atom. The topological polar surface area (TPSA) is 24.5 Å². The molecule has 1 unspecified atom stereocenters. The van der Waals surface area contributed by atoms with Crippen LogP contribution < -0.4 is 5.32 Å². The molecule has 16 heavy (non-hydrogen) atoms. The summed E-state index contributed by atoms with van der Waals surface area (Å²) in [7, 11) is 1.84. The van der Waals surface area contributed by atoms with Crippen molar-refractivity contribution in [2.75, 3.05) is 39.9 Å². The van der Waals surface area contributed by atoms with Crippen LogP contribution in [-0.4, -0.2) is 50.8 Å². The fourth-order valence-corrected chi connectivity index (χ4v) is 3.27. The lowest BCUT2D eigenvalue weighted by atomic mass is 9.79. The van der Waals surface area contributed by atoms with Gasteiger partial charge in [-0.1, -0.05) is 0 Å². The first-order chi connectivity index (χ1) is 7.76. The third-order valence-electron chi connectivity index (χ3n) is 4.34. The Balaban J connectivity index is 1.95. The predicted molar refractivity (Wildman–Crippen MR) is 66.7 cm³/mol. The molecule has 0 radical (unpaired) electrons. The second kappa shape index (κ2) is 5.48. The van der Waals surface area contributed by atoms with Crippen molar-refractivity contribution < 1.29 is 4.74 Å². The van der Waals surface area contributed by atoms with Crippen molar-refractivity contribution in [3.05, 3.63) is 0 Å². The summed E-state index contributed by atoms with van der Waals surface area (Å²) in [6.45, 7) is 8.15. The zero-order valence-electron chi connectivity index (χ0n) is 10.8. The molecule has 0 bridgehead atoms. The molecule has 2 heterocycles. The van der Waals surface area contributed by atoms with Crippen molar-refractivity contribution >= 4 is 0 Å². The highest BCUT2D eigenvalue weighted by molar-refractivity contribution is 4.90. The molecule has 0 aromatic rings. The van der Waals surface area contributed by atoms with Gasteiger partial charge in [-0.15, -0.1) is 0 Å². The molecule has 2 aliphatic heterocycles. The van der Waals surface area contributed by atoms with Crippen LogP contribution in [0.4, 0.5) is 0 Å². The van der Waals surface area contributed by atoms with Gasteiger partial charge in [0.05, 0.1) is 6.61 Å². The van der Waals surface area contributed by atoms with Gasteiger partial charge in [0, 0.05) is 25.1 Å². The van der Waals surface area contributed by atoms with Crippen LogP contribution in [0.15, 0.2) is 0 Å². The van der Waals surface area contributed by atoms with Gasteiger partial charge in [0.2, 0.25) is 0 Å². The summed E-state index contributed by atoms with van der Waals surface area (Å²) in [4.78, 5) is 2.67. The van der Waals surface area contributed by atoms with E-state index in [0.29, 0.717) is 5.41 Å². The molecule has 2 aliphatic rings. The van der Waals surface area contributed by atoms with Gasteiger partial charge < -0.3 is 15.0 Å². The minimum atomic E-state index is 0.415. The molecule has 2 rings (SSSR count). The summed E-state index contributed by atoms with van der Waals surface area (Å²) < 4.78 is 5.48. The van der Waals surface area contributed by atoms with Gasteiger partial charge >= 0.3 is 0 Å². The first kappa shape index (κ1) is 12.3. The molecule has 1 atom stereocenters. The number of likely N-dealkylation sites (tertiary alicyclic amines) is 1. The Morgan fingerprint density at radius 2 is 2.12 bits per heavy atom. The third kappa shape index (κ3) is 2.76. The van der Waals surface area contributed by atoms with E-state index in [2.05, 4.69) is 17.1 Å². The summed E-state index contributed by atoms with van der Waals surface area (Å²) in [5.41, 5.74) is 0.415. The van der Waals surface area contributed by atoms with Crippen LogP contribution in [0, 0.1) is 5.41 Å². The van der Waals surface area contributed by atoms with E-state index in [1.54, 1.807) is 0 Å². The second-order valence-corrected chi connectivity index (χ2v) is 5.64. The molecule has 0 aromatic heterocycles. The first-order valence-corrected chi connectivity index (χ1v) is 6.69. The quantitative estimate of drug-likeness (QED) is 0.786. The van der Waals surface area contributed by atoms with Crippen molar-refractivity contribution in [1.82, 2.24) is 10.2 Å². The molecule has 0 saturated carbocycles. The maximum atomic E-state index is 5.48. The van der Waals surface area contributed by atoms with Crippen LogP contribution >= 0.6 is 0 Å². The standard InChI is InChI=1S/C13H26N2O/c1-12-4-3-9-15(12)10-13(11-16-2)5-7-14-8-6-13/h12,14H,3-11H2,1-2H3. The monoisotopic (exact) mass is 226 g/mol. The van der Waals surface area contributed by atoms with Crippen LogP contribution in [0.1, 0.15) is 32.6 Å². The zero-order valence-corrected chi connectivity index (χ0v) is 10.8. The summed E-state index contributed by atoms with van der Waals surface area (Å²) in [5, 5.41) is 3.46. The number of methoxy groups -OCH3 is 1. The van der Waals surface area contributed by atoms with E-state index in [0.717, 1.165) is 25.7 Å².